The molecule has 0 spiro atoms. The second-order valence-corrected chi connectivity index (χ2v) is 1.05. The molecule has 0 aromatic carbocycles. The summed E-state index contributed by atoms with van der Waals surface area (Å²) in [5, 5.41) is 0. The monoisotopic (exact) mass is 192 g/mol. The summed E-state index contributed by atoms with van der Waals surface area (Å²) in [5.74, 6) is 0. The molecule has 0 rings (SSSR count). The molecule has 0 bridgehead atoms. The quantitative estimate of drug-likeness (QED) is 0.412. The Morgan fingerprint density at radius 2 is 1.83 bits per heavy atom. The second-order valence-electron chi connectivity index (χ2n) is 1.05. The van der Waals surface area contributed by atoms with E-state index < -0.39 is 0 Å². The molecule has 0 amide bonds. The van der Waals surface area contributed by atoms with Crippen LogP contribution in [0.3, 0.4) is 0 Å². The second kappa shape index (κ2) is 5.28. The summed E-state index contributed by atoms with van der Waals surface area (Å²) in [6.45, 7) is 8.93. The summed E-state index contributed by atoms with van der Waals surface area (Å²) in [5.41, 5.74) is 1.02. The van der Waals surface area contributed by atoms with Crippen LogP contribution in [0.1, 0.15) is 6.92 Å². The Balaban J connectivity index is 0. The van der Waals surface area contributed by atoms with Gasteiger partial charge in [0.2, 0.25) is 0 Å². The Kier molecular flexibility index (Phi) is 8.41. The fraction of sp³-hybridized carbons (Fsp3) is 0.200. The minimum atomic E-state index is 0. The molecular weight excluding hydrogens is 179 g/mol. The van der Waals surface area contributed by atoms with Crippen LogP contribution in [0.4, 0.5) is 0 Å². The van der Waals surface area contributed by atoms with Crippen LogP contribution in [-0.4, -0.2) is 23.9 Å². The molecule has 0 aromatic heterocycles. The summed E-state index contributed by atoms with van der Waals surface area (Å²) in [7, 11) is 0. The van der Waals surface area contributed by atoms with Crippen molar-refractivity contribution in [2.45, 2.75) is 6.92 Å². The van der Waals surface area contributed by atoms with Gasteiger partial charge >= 0.3 is 23.9 Å². The minimum absolute atomic E-state index is 0. The van der Waals surface area contributed by atoms with E-state index in [2.05, 4.69) is 13.2 Å². The molecule has 0 nitrogen and oxygen atoms in total. The van der Waals surface area contributed by atoms with Crippen LogP contribution in [0.15, 0.2) is 24.8 Å². The van der Waals surface area contributed by atoms with Crippen LogP contribution < -0.4 is 0 Å². The van der Waals surface area contributed by atoms with E-state index >= 15 is 0 Å². The van der Waals surface area contributed by atoms with Gasteiger partial charge in [-0.1, -0.05) is 24.8 Å². The molecule has 0 unspecified atom stereocenters. The van der Waals surface area contributed by atoms with Crippen molar-refractivity contribution in [3.8, 4) is 0 Å². The summed E-state index contributed by atoms with van der Waals surface area (Å²) in [4.78, 5) is 0. The van der Waals surface area contributed by atoms with Crippen LogP contribution in [0.2, 0.25) is 0 Å². The molecule has 0 heterocycles. The van der Waals surface area contributed by atoms with Crippen molar-refractivity contribution < 1.29 is 0 Å². The van der Waals surface area contributed by atoms with E-state index in [1.165, 1.54) is 0 Å². The zero-order valence-electron chi connectivity index (χ0n) is 3.49. The molecule has 0 saturated carbocycles. The molecule has 6 heavy (non-hydrogen) atoms. The first-order valence-corrected chi connectivity index (χ1v) is 1.55. The summed E-state index contributed by atoms with van der Waals surface area (Å²) in [6.07, 6.45) is 1.72. The molecule has 0 atom stereocenters. The standard InChI is InChI=1S/C5H8.Sn.4H/c1-4-5(2)3;;;;;/h4H,1-2H2,3H3;;;;;. The molecule has 36 valence electrons. The third-order valence-electron chi connectivity index (χ3n) is 0.348. The van der Waals surface area contributed by atoms with E-state index in [9.17, 15) is 0 Å². The maximum atomic E-state index is 3.56. The van der Waals surface area contributed by atoms with E-state index in [-0.39, 0.29) is 23.9 Å². The zero-order chi connectivity index (χ0) is 4.28. The normalized spacial score (nSPS) is 5.50. The van der Waals surface area contributed by atoms with Crippen LogP contribution in [-0.2, 0) is 0 Å². The van der Waals surface area contributed by atoms with Crippen molar-refractivity contribution in [2.24, 2.45) is 0 Å². The predicted molar refractivity (Wildman–Crippen MR) is 36.3 cm³/mol. The molecule has 0 aliphatic heterocycles. The van der Waals surface area contributed by atoms with Crippen molar-refractivity contribution in [2.75, 3.05) is 0 Å². The van der Waals surface area contributed by atoms with Gasteiger partial charge in [-0.3, -0.25) is 0 Å². The predicted octanol–water partition coefficient (Wildman–Crippen LogP) is 0.297. The number of hydrogen-bond acceptors (Lipinski definition) is 0. The van der Waals surface area contributed by atoms with E-state index in [4.69, 9.17) is 0 Å². The van der Waals surface area contributed by atoms with Crippen LogP contribution >= 0.6 is 0 Å². The topological polar surface area (TPSA) is 0 Å². The van der Waals surface area contributed by atoms with E-state index in [0.29, 0.717) is 0 Å². The molecule has 0 radical (unpaired) electrons. The average molecular weight is 191 g/mol. The Hall–Kier alpha value is 0.279. The van der Waals surface area contributed by atoms with Crippen molar-refractivity contribution >= 4 is 23.9 Å². The van der Waals surface area contributed by atoms with Crippen molar-refractivity contribution in [3.63, 3.8) is 0 Å². The molecule has 1 heteroatoms. The van der Waals surface area contributed by atoms with Gasteiger partial charge in [0.15, 0.2) is 0 Å². The summed E-state index contributed by atoms with van der Waals surface area (Å²) in [6, 6.07) is 0. The zero-order valence-corrected chi connectivity index (χ0v) is 3.49. The average Bonchev–Trinajstić information content (AvgIpc) is 1.38. The summed E-state index contributed by atoms with van der Waals surface area (Å²) >= 11 is 0. The first kappa shape index (κ1) is 9.56. The summed E-state index contributed by atoms with van der Waals surface area (Å²) < 4.78 is 0. The van der Waals surface area contributed by atoms with Gasteiger partial charge in [0, 0.05) is 0 Å². The fourth-order valence-corrected chi connectivity index (χ4v) is 0. The van der Waals surface area contributed by atoms with E-state index in [1.807, 2.05) is 6.92 Å². The van der Waals surface area contributed by atoms with Gasteiger partial charge in [-0.25, -0.2) is 0 Å². The first-order valence-electron chi connectivity index (χ1n) is 1.55. The Morgan fingerprint density at radius 3 is 1.83 bits per heavy atom. The molecule has 0 aliphatic rings. The van der Waals surface area contributed by atoms with Crippen molar-refractivity contribution in [3.05, 3.63) is 24.8 Å². The Morgan fingerprint density at radius 1 is 1.67 bits per heavy atom. The SMILES string of the molecule is C=CC(=C)C.[SnH4]. The molecule has 0 aromatic rings. The van der Waals surface area contributed by atoms with Gasteiger partial charge in [0.05, 0.1) is 0 Å². The van der Waals surface area contributed by atoms with Gasteiger partial charge in [-0.05, 0) is 6.92 Å². The van der Waals surface area contributed by atoms with E-state index in [1.54, 1.807) is 6.08 Å². The molecule has 0 fully saturated rings. The third-order valence-corrected chi connectivity index (χ3v) is 0.348. The Bertz CT molecular complexity index is 55.0. The van der Waals surface area contributed by atoms with Crippen LogP contribution in [0.5, 0.6) is 0 Å². The van der Waals surface area contributed by atoms with Gasteiger partial charge < -0.3 is 0 Å². The first-order chi connectivity index (χ1) is 2.27. The number of hydrogen-bond donors (Lipinski definition) is 0. The molecule has 0 aliphatic carbocycles. The van der Waals surface area contributed by atoms with Crippen molar-refractivity contribution in [1.29, 1.82) is 0 Å². The van der Waals surface area contributed by atoms with Crippen LogP contribution in [0, 0.1) is 0 Å². The molecule has 0 N–H and O–H groups in total. The van der Waals surface area contributed by atoms with Crippen molar-refractivity contribution in [1.82, 2.24) is 0 Å². The van der Waals surface area contributed by atoms with Crippen LogP contribution in [0.25, 0.3) is 0 Å². The molecular formula is C5H12Sn. The van der Waals surface area contributed by atoms with Gasteiger partial charge in [-0.2, -0.15) is 0 Å². The number of allylic oxidation sites excluding steroid dienone is 2. The molecule has 0 saturated heterocycles. The van der Waals surface area contributed by atoms with E-state index in [0.717, 1.165) is 5.57 Å². The number of rotatable bonds is 1. The van der Waals surface area contributed by atoms with Gasteiger partial charge in [-0.15, -0.1) is 0 Å². The Labute approximate surface area is 55.9 Å². The van der Waals surface area contributed by atoms with Gasteiger partial charge in [0.1, 0.15) is 0 Å². The third kappa shape index (κ3) is 8.86. The van der Waals surface area contributed by atoms with Gasteiger partial charge in [0.25, 0.3) is 0 Å². The maximum absolute atomic E-state index is 3.56. The fourth-order valence-electron chi connectivity index (χ4n) is 0.